The third kappa shape index (κ3) is 2.96. The van der Waals surface area contributed by atoms with Gasteiger partial charge in [-0.05, 0) is 44.8 Å². The molecule has 2 aliphatic heterocycles. The van der Waals surface area contributed by atoms with Gasteiger partial charge in [-0.25, -0.2) is 0 Å². The number of nitrogens with one attached hydrogen (secondary N) is 1. The fourth-order valence-electron chi connectivity index (χ4n) is 3.26. The van der Waals surface area contributed by atoms with Crippen LogP contribution in [0, 0.1) is 11.3 Å². The number of hydrogen-bond donors (Lipinski definition) is 1. The van der Waals surface area contributed by atoms with Gasteiger partial charge >= 0.3 is 0 Å². The van der Waals surface area contributed by atoms with Crippen LogP contribution in [-0.2, 0) is 4.74 Å². The van der Waals surface area contributed by atoms with Crippen molar-refractivity contribution in [3.8, 4) is 0 Å². The summed E-state index contributed by atoms with van der Waals surface area (Å²) in [5, 5.41) is 3.46. The predicted molar refractivity (Wildman–Crippen MR) is 66.6 cm³/mol. The van der Waals surface area contributed by atoms with Crippen LogP contribution in [0.25, 0.3) is 0 Å². The molecule has 2 rings (SSSR count). The van der Waals surface area contributed by atoms with Crippen molar-refractivity contribution in [3.05, 3.63) is 0 Å². The van der Waals surface area contributed by atoms with Gasteiger partial charge in [0.2, 0.25) is 0 Å². The number of nitrogens with zero attached hydrogens (tertiary/aromatic N) is 1. The van der Waals surface area contributed by atoms with Crippen molar-refractivity contribution >= 4 is 0 Å². The van der Waals surface area contributed by atoms with Crippen molar-refractivity contribution in [2.75, 3.05) is 46.4 Å². The first-order chi connectivity index (χ1) is 7.74. The Morgan fingerprint density at radius 1 is 1.38 bits per heavy atom. The van der Waals surface area contributed by atoms with E-state index >= 15 is 0 Å². The maximum atomic E-state index is 5.47. The Morgan fingerprint density at radius 2 is 2.12 bits per heavy atom. The lowest BCUT2D eigenvalue weighted by Crippen LogP contribution is -2.46. The SMILES string of the molecule is COCC1(CN2CCC(C)C2)CCNCC1. The van der Waals surface area contributed by atoms with Crippen molar-refractivity contribution in [2.24, 2.45) is 11.3 Å². The minimum atomic E-state index is 0.421. The van der Waals surface area contributed by atoms with Crippen molar-refractivity contribution in [1.82, 2.24) is 10.2 Å². The molecule has 0 aromatic carbocycles. The third-order valence-corrected chi connectivity index (χ3v) is 4.18. The van der Waals surface area contributed by atoms with E-state index in [4.69, 9.17) is 4.74 Å². The molecule has 0 saturated carbocycles. The van der Waals surface area contributed by atoms with Crippen molar-refractivity contribution in [2.45, 2.75) is 26.2 Å². The lowest BCUT2D eigenvalue weighted by Gasteiger charge is -2.40. The summed E-state index contributed by atoms with van der Waals surface area (Å²) >= 11 is 0. The molecule has 0 radical (unpaired) electrons. The average Bonchev–Trinajstić information content (AvgIpc) is 2.65. The van der Waals surface area contributed by atoms with Gasteiger partial charge in [-0.1, -0.05) is 6.92 Å². The topological polar surface area (TPSA) is 24.5 Å². The zero-order valence-corrected chi connectivity index (χ0v) is 10.8. The van der Waals surface area contributed by atoms with E-state index in [2.05, 4.69) is 17.1 Å². The average molecular weight is 226 g/mol. The van der Waals surface area contributed by atoms with Crippen LogP contribution >= 0.6 is 0 Å². The Bertz CT molecular complexity index is 208. The molecule has 1 N–H and O–H groups in total. The summed E-state index contributed by atoms with van der Waals surface area (Å²) in [6, 6.07) is 0. The van der Waals surface area contributed by atoms with E-state index in [1.54, 1.807) is 0 Å². The van der Waals surface area contributed by atoms with Gasteiger partial charge in [0.1, 0.15) is 0 Å². The largest absolute Gasteiger partial charge is 0.384 e. The highest BCUT2D eigenvalue weighted by Gasteiger charge is 2.35. The molecule has 3 heteroatoms. The highest BCUT2D eigenvalue weighted by Crippen LogP contribution is 2.32. The summed E-state index contributed by atoms with van der Waals surface area (Å²) in [7, 11) is 1.84. The van der Waals surface area contributed by atoms with Crippen molar-refractivity contribution in [3.63, 3.8) is 0 Å². The van der Waals surface area contributed by atoms with Crippen LogP contribution in [0.3, 0.4) is 0 Å². The third-order valence-electron chi connectivity index (χ3n) is 4.18. The molecule has 0 amide bonds. The molecule has 2 saturated heterocycles. The van der Waals surface area contributed by atoms with Gasteiger partial charge in [0, 0.05) is 25.6 Å². The van der Waals surface area contributed by atoms with Crippen LogP contribution in [0.2, 0.25) is 0 Å². The Balaban J connectivity index is 1.91. The Kier molecular flexibility index (Phi) is 4.22. The normalized spacial score (nSPS) is 30.8. The second-order valence-corrected chi connectivity index (χ2v) is 5.81. The van der Waals surface area contributed by atoms with Gasteiger partial charge in [-0.15, -0.1) is 0 Å². The zero-order chi connectivity index (χ0) is 11.4. The fraction of sp³-hybridized carbons (Fsp3) is 1.00. The van der Waals surface area contributed by atoms with Gasteiger partial charge < -0.3 is 15.0 Å². The number of ether oxygens (including phenoxy) is 1. The minimum Gasteiger partial charge on any atom is -0.384 e. The molecule has 1 unspecified atom stereocenters. The Labute approximate surface area is 99.5 Å². The Hall–Kier alpha value is -0.120. The van der Waals surface area contributed by atoms with Crippen molar-refractivity contribution in [1.29, 1.82) is 0 Å². The zero-order valence-electron chi connectivity index (χ0n) is 10.8. The summed E-state index contributed by atoms with van der Waals surface area (Å²) in [6.45, 7) is 9.44. The maximum Gasteiger partial charge on any atom is 0.0531 e. The lowest BCUT2D eigenvalue weighted by atomic mass is 9.79. The number of likely N-dealkylation sites (tertiary alicyclic amines) is 1. The summed E-state index contributed by atoms with van der Waals surface area (Å²) in [6.07, 6.45) is 3.92. The number of piperidine rings is 1. The van der Waals surface area contributed by atoms with Gasteiger partial charge in [0.15, 0.2) is 0 Å². The molecule has 0 bridgehead atoms. The molecule has 0 spiro atoms. The molecular formula is C13H26N2O. The summed E-state index contributed by atoms with van der Waals surface area (Å²) in [5.74, 6) is 0.890. The van der Waals surface area contributed by atoms with E-state index in [9.17, 15) is 0 Å². The highest BCUT2D eigenvalue weighted by atomic mass is 16.5. The van der Waals surface area contributed by atoms with E-state index in [0.29, 0.717) is 5.41 Å². The first-order valence-corrected chi connectivity index (χ1v) is 6.66. The molecule has 0 aromatic heterocycles. The molecule has 2 fully saturated rings. The minimum absolute atomic E-state index is 0.421. The van der Waals surface area contributed by atoms with Gasteiger partial charge in [0.25, 0.3) is 0 Å². The van der Waals surface area contributed by atoms with Gasteiger partial charge in [-0.2, -0.15) is 0 Å². The first-order valence-electron chi connectivity index (χ1n) is 6.66. The molecule has 94 valence electrons. The fourth-order valence-corrected chi connectivity index (χ4v) is 3.26. The van der Waals surface area contributed by atoms with Crippen LogP contribution in [-0.4, -0.2) is 51.3 Å². The molecule has 1 atom stereocenters. The first kappa shape index (κ1) is 12.3. The monoisotopic (exact) mass is 226 g/mol. The maximum absolute atomic E-state index is 5.47. The van der Waals surface area contributed by atoms with E-state index in [-0.39, 0.29) is 0 Å². The molecular weight excluding hydrogens is 200 g/mol. The second kappa shape index (κ2) is 5.48. The molecule has 16 heavy (non-hydrogen) atoms. The summed E-state index contributed by atoms with van der Waals surface area (Å²) < 4.78 is 5.47. The molecule has 0 aromatic rings. The second-order valence-electron chi connectivity index (χ2n) is 5.81. The van der Waals surface area contributed by atoms with Crippen LogP contribution in [0.1, 0.15) is 26.2 Å². The van der Waals surface area contributed by atoms with E-state index in [0.717, 1.165) is 25.6 Å². The summed E-state index contributed by atoms with van der Waals surface area (Å²) in [4.78, 5) is 2.65. The smallest absolute Gasteiger partial charge is 0.0531 e. The van der Waals surface area contributed by atoms with Crippen LogP contribution in [0.5, 0.6) is 0 Å². The number of hydrogen-bond acceptors (Lipinski definition) is 3. The predicted octanol–water partition coefficient (Wildman–Crippen LogP) is 1.34. The van der Waals surface area contributed by atoms with Crippen LogP contribution in [0.4, 0.5) is 0 Å². The van der Waals surface area contributed by atoms with Gasteiger partial charge in [-0.3, -0.25) is 0 Å². The molecule has 2 aliphatic rings. The van der Waals surface area contributed by atoms with E-state index in [1.165, 1.54) is 38.9 Å². The Morgan fingerprint density at radius 3 is 2.69 bits per heavy atom. The number of rotatable bonds is 4. The van der Waals surface area contributed by atoms with E-state index in [1.807, 2.05) is 7.11 Å². The van der Waals surface area contributed by atoms with Crippen LogP contribution in [0.15, 0.2) is 0 Å². The van der Waals surface area contributed by atoms with Gasteiger partial charge in [0.05, 0.1) is 6.61 Å². The molecule has 2 heterocycles. The number of methoxy groups -OCH3 is 1. The highest BCUT2D eigenvalue weighted by molar-refractivity contribution is 4.89. The van der Waals surface area contributed by atoms with Crippen LogP contribution < -0.4 is 5.32 Å². The van der Waals surface area contributed by atoms with E-state index < -0.39 is 0 Å². The quantitative estimate of drug-likeness (QED) is 0.783. The standard InChI is InChI=1S/C13H26N2O/c1-12-3-8-15(9-12)10-13(11-16-2)4-6-14-7-5-13/h12,14H,3-11H2,1-2H3. The lowest BCUT2D eigenvalue weighted by molar-refractivity contribution is 0.0273. The molecule has 3 nitrogen and oxygen atoms in total. The summed E-state index contributed by atoms with van der Waals surface area (Å²) in [5.41, 5.74) is 0.421. The van der Waals surface area contributed by atoms with Crippen molar-refractivity contribution < 1.29 is 4.74 Å². The molecule has 0 aliphatic carbocycles.